The van der Waals surface area contributed by atoms with Crippen molar-refractivity contribution in [3.8, 4) is 0 Å². The van der Waals surface area contributed by atoms with Crippen LogP contribution >= 0.6 is 0 Å². The minimum atomic E-state index is -1.43. The number of para-hydroxylation sites is 1. The molecule has 2 rings (SSSR count). The molecule has 0 radical (unpaired) electrons. The summed E-state index contributed by atoms with van der Waals surface area (Å²) in [4.78, 5) is 5.70. The maximum absolute atomic E-state index is 5.70. The SMILES string of the molecule is COCOn1c([Si](C)(C)C)cc2ccccc21. The van der Waals surface area contributed by atoms with Gasteiger partial charge in [0.25, 0.3) is 0 Å². The van der Waals surface area contributed by atoms with Crippen molar-refractivity contribution >= 4 is 24.3 Å². The second-order valence-electron chi connectivity index (χ2n) is 5.17. The Morgan fingerprint density at radius 2 is 1.88 bits per heavy atom. The summed E-state index contributed by atoms with van der Waals surface area (Å²) in [6, 6.07) is 10.5. The molecule has 0 saturated heterocycles. The number of rotatable bonds is 4. The molecule has 17 heavy (non-hydrogen) atoms. The molecule has 2 aromatic rings. The lowest BCUT2D eigenvalue weighted by Gasteiger charge is -2.19. The van der Waals surface area contributed by atoms with Crippen LogP contribution in [0.25, 0.3) is 10.9 Å². The number of hydrogen-bond acceptors (Lipinski definition) is 2. The monoisotopic (exact) mass is 249 g/mol. The van der Waals surface area contributed by atoms with Gasteiger partial charge in [0.05, 0.1) is 5.52 Å². The largest absolute Gasteiger partial charge is 0.385 e. The lowest BCUT2D eigenvalue weighted by Crippen LogP contribution is -2.44. The Labute approximate surface area is 103 Å². The molecule has 0 aliphatic carbocycles. The number of methoxy groups -OCH3 is 1. The van der Waals surface area contributed by atoms with Crippen molar-refractivity contribution in [3.05, 3.63) is 30.3 Å². The molecule has 0 amide bonds. The van der Waals surface area contributed by atoms with Gasteiger partial charge in [-0.25, -0.2) is 0 Å². The van der Waals surface area contributed by atoms with Crippen LogP contribution in [0.4, 0.5) is 0 Å². The Bertz CT molecular complexity index is 514. The van der Waals surface area contributed by atoms with E-state index in [2.05, 4.69) is 43.9 Å². The van der Waals surface area contributed by atoms with Crippen LogP contribution in [-0.2, 0) is 4.74 Å². The first-order valence-electron chi connectivity index (χ1n) is 5.77. The molecule has 0 spiro atoms. The molecule has 0 aliphatic rings. The third-order valence-electron chi connectivity index (χ3n) is 2.73. The number of benzene rings is 1. The minimum absolute atomic E-state index is 0.274. The lowest BCUT2D eigenvalue weighted by molar-refractivity contribution is -0.0304. The molecule has 0 bridgehead atoms. The van der Waals surface area contributed by atoms with E-state index in [0.717, 1.165) is 5.52 Å². The normalized spacial score (nSPS) is 12.0. The molecule has 0 fully saturated rings. The summed E-state index contributed by atoms with van der Waals surface area (Å²) in [5, 5.41) is 2.51. The number of nitrogens with zero attached hydrogens (tertiary/aromatic N) is 1. The zero-order chi connectivity index (χ0) is 12.5. The van der Waals surface area contributed by atoms with Gasteiger partial charge in [0.15, 0.2) is 0 Å². The van der Waals surface area contributed by atoms with Gasteiger partial charge in [-0.2, -0.15) is 4.73 Å². The van der Waals surface area contributed by atoms with Crippen LogP contribution in [0, 0.1) is 0 Å². The fourth-order valence-corrected chi connectivity index (χ4v) is 3.28. The Morgan fingerprint density at radius 3 is 2.53 bits per heavy atom. The number of hydrogen-bond donors (Lipinski definition) is 0. The third-order valence-corrected chi connectivity index (χ3v) is 4.62. The van der Waals surface area contributed by atoms with Crippen LogP contribution in [0.1, 0.15) is 0 Å². The molecule has 0 N–H and O–H groups in total. The summed E-state index contributed by atoms with van der Waals surface area (Å²) in [5.41, 5.74) is 1.11. The lowest BCUT2D eigenvalue weighted by atomic mass is 10.3. The van der Waals surface area contributed by atoms with Crippen LogP contribution in [-0.4, -0.2) is 26.7 Å². The average molecular weight is 249 g/mol. The van der Waals surface area contributed by atoms with E-state index in [1.54, 1.807) is 7.11 Å². The Hall–Kier alpha value is -1.26. The molecule has 1 aromatic carbocycles. The van der Waals surface area contributed by atoms with Gasteiger partial charge < -0.3 is 9.57 Å². The fourth-order valence-electron chi connectivity index (χ4n) is 1.90. The topological polar surface area (TPSA) is 23.4 Å². The van der Waals surface area contributed by atoms with Crippen molar-refractivity contribution in [1.82, 2.24) is 4.73 Å². The van der Waals surface area contributed by atoms with E-state index in [-0.39, 0.29) is 6.79 Å². The first-order chi connectivity index (χ1) is 8.04. The summed E-state index contributed by atoms with van der Waals surface area (Å²) in [7, 11) is 0.210. The zero-order valence-electron chi connectivity index (χ0n) is 10.9. The Kier molecular flexibility index (Phi) is 3.26. The second-order valence-corrected chi connectivity index (χ2v) is 10.2. The van der Waals surface area contributed by atoms with Gasteiger partial charge in [0.1, 0.15) is 8.07 Å². The first-order valence-corrected chi connectivity index (χ1v) is 9.27. The van der Waals surface area contributed by atoms with E-state index in [1.807, 2.05) is 10.8 Å². The molecule has 0 aliphatic heterocycles. The molecule has 0 unspecified atom stereocenters. The van der Waals surface area contributed by atoms with Gasteiger partial charge in [-0.15, -0.1) is 0 Å². The van der Waals surface area contributed by atoms with E-state index in [4.69, 9.17) is 9.57 Å². The van der Waals surface area contributed by atoms with E-state index in [0.29, 0.717) is 0 Å². The fraction of sp³-hybridized carbons (Fsp3) is 0.385. The summed E-state index contributed by atoms with van der Waals surface area (Å²) in [6.07, 6.45) is 0. The summed E-state index contributed by atoms with van der Waals surface area (Å²) >= 11 is 0. The smallest absolute Gasteiger partial charge is 0.214 e. The predicted octanol–water partition coefficient (Wildman–Crippen LogP) is 2.22. The van der Waals surface area contributed by atoms with Crippen LogP contribution in [0.5, 0.6) is 0 Å². The highest BCUT2D eigenvalue weighted by molar-refractivity contribution is 6.88. The van der Waals surface area contributed by atoms with E-state index >= 15 is 0 Å². The van der Waals surface area contributed by atoms with Crippen molar-refractivity contribution in [2.24, 2.45) is 0 Å². The van der Waals surface area contributed by atoms with Gasteiger partial charge in [-0.3, -0.25) is 0 Å². The minimum Gasteiger partial charge on any atom is -0.385 e. The molecule has 1 aromatic heterocycles. The highest BCUT2D eigenvalue weighted by Crippen LogP contribution is 2.16. The molecular formula is C13H19NO2Si. The van der Waals surface area contributed by atoms with Gasteiger partial charge >= 0.3 is 0 Å². The van der Waals surface area contributed by atoms with Crippen LogP contribution in [0.15, 0.2) is 30.3 Å². The van der Waals surface area contributed by atoms with Crippen molar-refractivity contribution in [1.29, 1.82) is 0 Å². The average Bonchev–Trinajstić information content (AvgIpc) is 2.65. The number of aromatic nitrogens is 1. The molecule has 1 heterocycles. The highest BCUT2D eigenvalue weighted by atomic mass is 28.3. The molecular weight excluding hydrogens is 230 g/mol. The molecule has 4 heteroatoms. The number of ether oxygens (including phenoxy) is 1. The molecule has 0 atom stereocenters. The van der Waals surface area contributed by atoms with Gasteiger partial charge in [-0.1, -0.05) is 37.8 Å². The summed E-state index contributed by atoms with van der Waals surface area (Å²) in [6.45, 7) is 7.21. The van der Waals surface area contributed by atoms with E-state index < -0.39 is 8.07 Å². The third kappa shape index (κ3) is 2.37. The maximum atomic E-state index is 5.70. The Morgan fingerprint density at radius 1 is 1.18 bits per heavy atom. The standard InChI is InChI=1S/C13H19NO2Si/c1-15-10-16-14-12-8-6-5-7-11(12)9-13(14)17(2,3)4/h5-9H,10H2,1-4H3. The number of fused-ring (bicyclic) bond motifs is 1. The van der Waals surface area contributed by atoms with Crippen molar-refractivity contribution in [3.63, 3.8) is 0 Å². The van der Waals surface area contributed by atoms with Gasteiger partial charge in [-0.05, 0) is 12.1 Å². The van der Waals surface area contributed by atoms with Crippen LogP contribution < -0.4 is 10.2 Å². The van der Waals surface area contributed by atoms with Crippen LogP contribution in [0.2, 0.25) is 19.6 Å². The van der Waals surface area contributed by atoms with Gasteiger partial charge in [0, 0.05) is 17.8 Å². The summed E-state index contributed by atoms with van der Waals surface area (Å²) < 4.78 is 6.94. The van der Waals surface area contributed by atoms with Crippen molar-refractivity contribution < 1.29 is 9.57 Å². The predicted molar refractivity (Wildman–Crippen MR) is 73.4 cm³/mol. The van der Waals surface area contributed by atoms with Gasteiger partial charge in [0.2, 0.25) is 6.79 Å². The quantitative estimate of drug-likeness (QED) is 0.613. The van der Waals surface area contributed by atoms with Crippen LogP contribution in [0.3, 0.4) is 0 Å². The second kappa shape index (κ2) is 4.54. The zero-order valence-corrected chi connectivity index (χ0v) is 11.9. The molecule has 0 saturated carbocycles. The maximum Gasteiger partial charge on any atom is 0.214 e. The molecule has 3 nitrogen and oxygen atoms in total. The van der Waals surface area contributed by atoms with Crippen molar-refractivity contribution in [2.75, 3.05) is 13.9 Å². The van der Waals surface area contributed by atoms with E-state index in [9.17, 15) is 0 Å². The highest BCUT2D eigenvalue weighted by Gasteiger charge is 2.23. The molecule has 92 valence electrons. The Balaban J connectivity index is 2.57. The van der Waals surface area contributed by atoms with E-state index in [1.165, 1.54) is 10.7 Å². The van der Waals surface area contributed by atoms with Crippen molar-refractivity contribution in [2.45, 2.75) is 19.6 Å². The summed E-state index contributed by atoms with van der Waals surface area (Å²) in [5.74, 6) is 0. The first kappa shape index (κ1) is 12.2.